The molecule has 1 aromatic carbocycles. The highest BCUT2D eigenvalue weighted by Gasteiger charge is 2.22. The second-order valence-electron chi connectivity index (χ2n) is 6.16. The van der Waals surface area contributed by atoms with Crippen molar-refractivity contribution in [3.05, 3.63) is 29.8 Å². The molecule has 1 amide bonds. The minimum atomic E-state index is -3.48. The van der Waals surface area contributed by atoms with Crippen LogP contribution in [0.3, 0.4) is 0 Å². The summed E-state index contributed by atoms with van der Waals surface area (Å²) >= 11 is 0. The Labute approximate surface area is 144 Å². The number of carbonyl (C=O) groups excluding carboxylic acids is 1. The van der Waals surface area contributed by atoms with Gasteiger partial charge in [-0.1, -0.05) is 13.8 Å². The molecule has 0 unspecified atom stereocenters. The largest absolute Gasteiger partial charge is 0.349 e. The number of piperidine rings is 1. The normalized spacial score (nSPS) is 17.2. The Morgan fingerprint density at radius 2 is 1.71 bits per heavy atom. The third-order valence-electron chi connectivity index (χ3n) is 4.51. The highest BCUT2D eigenvalue weighted by Crippen LogP contribution is 2.17. The Bertz CT molecular complexity index is 646. The Morgan fingerprint density at radius 1 is 1.17 bits per heavy atom. The lowest BCUT2D eigenvalue weighted by Crippen LogP contribution is -2.43. The molecule has 0 atom stereocenters. The SMILES string of the molecule is CCN(CC)S(=O)(=O)c1ccc(C(=O)NC2CCN(C)CC2)cc1. The van der Waals surface area contributed by atoms with Crippen LogP contribution in [0.25, 0.3) is 0 Å². The molecule has 134 valence electrons. The molecule has 6 nitrogen and oxygen atoms in total. The van der Waals surface area contributed by atoms with E-state index in [-0.39, 0.29) is 16.8 Å². The van der Waals surface area contributed by atoms with E-state index in [1.807, 2.05) is 13.8 Å². The van der Waals surface area contributed by atoms with Crippen molar-refractivity contribution in [1.82, 2.24) is 14.5 Å². The summed E-state index contributed by atoms with van der Waals surface area (Å²) in [5, 5.41) is 3.03. The smallest absolute Gasteiger partial charge is 0.251 e. The number of nitrogens with zero attached hydrogens (tertiary/aromatic N) is 2. The summed E-state index contributed by atoms with van der Waals surface area (Å²) in [6.07, 6.45) is 1.88. The highest BCUT2D eigenvalue weighted by atomic mass is 32.2. The number of benzene rings is 1. The van der Waals surface area contributed by atoms with Crippen LogP contribution < -0.4 is 5.32 Å². The van der Waals surface area contributed by atoms with Gasteiger partial charge in [0.1, 0.15) is 0 Å². The molecule has 1 fully saturated rings. The lowest BCUT2D eigenvalue weighted by molar-refractivity contribution is 0.0916. The van der Waals surface area contributed by atoms with Crippen LogP contribution in [-0.2, 0) is 10.0 Å². The molecule has 0 bridgehead atoms. The van der Waals surface area contributed by atoms with Crippen molar-refractivity contribution in [2.24, 2.45) is 0 Å². The lowest BCUT2D eigenvalue weighted by Gasteiger charge is -2.29. The molecule has 1 N–H and O–H groups in total. The first-order valence-electron chi connectivity index (χ1n) is 8.48. The van der Waals surface area contributed by atoms with Gasteiger partial charge in [0, 0.05) is 24.7 Å². The van der Waals surface area contributed by atoms with Crippen molar-refractivity contribution in [2.45, 2.75) is 37.6 Å². The van der Waals surface area contributed by atoms with Gasteiger partial charge in [0.05, 0.1) is 4.90 Å². The molecule has 2 rings (SSSR count). The van der Waals surface area contributed by atoms with Gasteiger partial charge in [0.25, 0.3) is 5.91 Å². The molecular formula is C17H27N3O3S. The number of rotatable bonds is 6. The number of hydrogen-bond donors (Lipinski definition) is 1. The van der Waals surface area contributed by atoms with E-state index in [0.29, 0.717) is 18.7 Å². The van der Waals surface area contributed by atoms with E-state index >= 15 is 0 Å². The molecule has 1 aromatic rings. The van der Waals surface area contributed by atoms with Crippen molar-refractivity contribution in [2.75, 3.05) is 33.2 Å². The zero-order valence-electron chi connectivity index (χ0n) is 14.7. The Kier molecular flexibility index (Phi) is 6.37. The van der Waals surface area contributed by atoms with Gasteiger partial charge >= 0.3 is 0 Å². The van der Waals surface area contributed by atoms with Crippen molar-refractivity contribution >= 4 is 15.9 Å². The highest BCUT2D eigenvalue weighted by molar-refractivity contribution is 7.89. The van der Waals surface area contributed by atoms with Crippen LogP contribution in [0.2, 0.25) is 0 Å². The van der Waals surface area contributed by atoms with E-state index in [1.54, 1.807) is 12.1 Å². The molecular weight excluding hydrogens is 326 g/mol. The minimum absolute atomic E-state index is 0.142. The van der Waals surface area contributed by atoms with E-state index in [1.165, 1.54) is 16.4 Å². The summed E-state index contributed by atoms with van der Waals surface area (Å²) in [7, 11) is -1.40. The van der Waals surface area contributed by atoms with Crippen molar-refractivity contribution in [3.8, 4) is 0 Å². The molecule has 7 heteroatoms. The molecule has 24 heavy (non-hydrogen) atoms. The third kappa shape index (κ3) is 4.34. The molecule has 1 aliphatic heterocycles. The lowest BCUT2D eigenvalue weighted by atomic mass is 10.0. The zero-order valence-corrected chi connectivity index (χ0v) is 15.5. The van der Waals surface area contributed by atoms with Crippen LogP contribution in [0.4, 0.5) is 0 Å². The number of hydrogen-bond acceptors (Lipinski definition) is 4. The molecule has 1 heterocycles. The van der Waals surface area contributed by atoms with Crippen molar-refractivity contribution < 1.29 is 13.2 Å². The van der Waals surface area contributed by atoms with E-state index < -0.39 is 10.0 Å². The van der Waals surface area contributed by atoms with Crippen molar-refractivity contribution in [1.29, 1.82) is 0 Å². The second kappa shape index (κ2) is 8.09. The number of likely N-dealkylation sites (tertiary alicyclic amines) is 1. The van der Waals surface area contributed by atoms with Crippen LogP contribution in [0.1, 0.15) is 37.0 Å². The van der Waals surface area contributed by atoms with E-state index in [9.17, 15) is 13.2 Å². The van der Waals surface area contributed by atoms with Gasteiger partial charge in [-0.25, -0.2) is 8.42 Å². The maximum Gasteiger partial charge on any atom is 0.251 e. The second-order valence-corrected chi connectivity index (χ2v) is 8.10. The van der Waals surface area contributed by atoms with Crippen LogP contribution in [0.5, 0.6) is 0 Å². The fraction of sp³-hybridized carbons (Fsp3) is 0.588. The molecule has 0 saturated carbocycles. The standard InChI is InChI=1S/C17H27N3O3S/c1-4-20(5-2)24(22,23)16-8-6-14(7-9-16)17(21)18-15-10-12-19(3)13-11-15/h6-9,15H,4-5,10-13H2,1-3H3,(H,18,21). The van der Waals surface area contributed by atoms with Crippen molar-refractivity contribution in [3.63, 3.8) is 0 Å². The summed E-state index contributed by atoms with van der Waals surface area (Å²) in [4.78, 5) is 14.8. The predicted molar refractivity (Wildman–Crippen MR) is 94.5 cm³/mol. The summed E-state index contributed by atoms with van der Waals surface area (Å²) in [5.74, 6) is -0.142. The fourth-order valence-corrected chi connectivity index (χ4v) is 4.37. The van der Waals surface area contributed by atoms with Gasteiger partial charge in [-0.15, -0.1) is 0 Å². The molecule has 0 spiro atoms. The van der Waals surface area contributed by atoms with Crippen LogP contribution in [0.15, 0.2) is 29.2 Å². The average Bonchev–Trinajstić information content (AvgIpc) is 2.58. The van der Waals surface area contributed by atoms with E-state index in [4.69, 9.17) is 0 Å². The Balaban J connectivity index is 2.05. The molecule has 0 aromatic heterocycles. The maximum absolute atomic E-state index is 12.4. The first-order valence-corrected chi connectivity index (χ1v) is 9.92. The van der Waals surface area contributed by atoms with Gasteiger partial charge in [0.2, 0.25) is 10.0 Å². The topological polar surface area (TPSA) is 69.7 Å². The van der Waals surface area contributed by atoms with Gasteiger partial charge in [-0.05, 0) is 57.2 Å². The van der Waals surface area contributed by atoms with Crippen LogP contribution in [0, 0.1) is 0 Å². The molecule has 1 saturated heterocycles. The third-order valence-corrected chi connectivity index (χ3v) is 6.58. The summed E-state index contributed by atoms with van der Waals surface area (Å²) < 4.78 is 26.3. The van der Waals surface area contributed by atoms with Crippen LogP contribution in [-0.4, -0.2) is 62.8 Å². The van der Waals surface area contributed by atoms with Gasteiger partial charge in [0.15, 0.2) is 0 Å². The zero-order chi connectivity index (χ0) is 17.7. The predicted octanol–water partition coefficient (Wildman–Crippen LogP) is 1.54. The maximum atomic E-state index is 12.4. The molecule has 0 aliphatic carbocycles. The number of sulfonamides is 1. The van der Waals surface area contributed by atoms with Gasteiger partial charge in [-0.2, -0.15) is 4.31 Å². The summed E-state index contributed by atoms with van der Waals surface area (Å²) in [6, 6.07) is 6.38. The first kappa shape index (κ1) is 18.9. The number of amides is 1. The fourth-order valence-electron chi connectivity index (χ4n) is 2.91. The quantitative estimate of drug-likeness (QED) is 0.842. The number of nitrogens with one attached hydrogen (secondary N) is 1. The van der Waals surface area contributed by atoms with E-state index in [0.717, 1.165) is 25.9 Å². The van der Waals surface area contributed by atoms with Gasteiger partial charge in [-0.3, -0.25) is 4.79 Å². The van der Waals surface area contributed by atoms with Gasteiger partial charge < -0.3 is 10.2 Å². The Hall–Kier alpha value is -1.44. The van der Waals surface area contributed by atoms with E-state index in [2.05, 4.69) is 17.3 Å². The Morgan fingerprint density at radius 3 is 2.21 bits per heavy atom. The monoisotopic (exact) mass is 353 g/mol. The number of carbonyl (C=O) groups is 1. The van der Waals surface area contributed by atoms with Crippen LogP contribution >= 0.6 is 0 Å². The summed E-state index contributed by atoms with van der Waals surface area (Å²) in [5.41, 5.74) is 0.493. The first-order chi connectivity index (χ1) is 11.4. The molecule has 0 radical (unpaired) electrons. The minimum Gasteiger partial charge on any atom is -0.349 e. The molecule has 1 aliphatic rings. The summed E-state index contributed by atoms with van der Waals surface area (Å²) in [6.45, 7) is 6.43. The average molecular weight is 353 g/mol.